The number of aromatic nitrogens is 4. The van der Waals surface area contributed by atoms with Crippen molar-refractivity contribution in [3.8, 4) is 17.2 Å². The van der Waals surface area contributed by atoms with Crippen LogP contribution in [0.4, 0.5) is 4.39 Å². The van der Waals surface area contributed by atoms with E-state index in [4.69, 9.17) is 11.6 Å². The van der Waals surface area contributed by atoms with Crippen LogP contribution >= 0.6 is 11.6 Å². The van der Waals surface area contributed by atoms with Crippen LogP contribution < -0.4 is 11.2 Å². The molecule has 2 aromatic rings. The number of hydrogen-bond donors (Lipinski definition) is 0. The van der Waals surface area contributed by atoms with Crippen molar-refractivity contribution in [1.29, 1.82) is 0 Å². The van der Waals surface area contributed by atoms with Gasteiger partial charge in [-0.05, 0) is 36.4 Å². The van der Waals surface area contributed by atoms with Crippen LogP contribution in [0.2, 0.25) is 5.02 Å². The summed E-state index contributed by atoms with van der Waals surface area (Å²) >= 11 is 5.93. The van der Waals surface area contributed by atoms with E-state index in [9.17, 15) is 14.0 Å². The lowest BCUT2D eigenvalue weighted by Crippen LogP contribution is -2.36. The van der Waals surface area contributed by atoms with E-state index in [0.29, 0.717) is 21.7 Å². The minimum absolute atomic E-state index is 0.0242. The molecule has 0 spiro atoms. The molecule has 0 aromatic heterocycles. The number of fused-ring (bicyclic) bond motifs is 2. The fourth-order valence-electron chi connectivity index (χ4n) is 2.67. The molecular weight excluding hydrogens is 347 g/mol. The average Bonchev–Trinajstić information content (AvgIpc) is 2.60. The molecule has 0 unspecified atom stereocenters. The van der Waals surface area contributed by atoms with Gasteiger partial charge in [0.15, 0.2) is 11.5 Å². The van der Waals surface area contributed by atoms with Gasteiger partial charge >= 0.3 is 5.69 Å². The summed E-state index contributed by atoms with van der Waals surface area (Å²) in [6, 6.07) is 10.7. The Balaban J connectivity index is 2.26. The first-order valence-corrected chi connectivity index (χ1v) is 7.68. The SMILES string of the molecule is Cn1c(=O)nc2n(-c3ccc(Cl)cc3)c3cc(F)ccc3nc-2c1=O. The minimum atomic E-state index is -0.710. The summed E-state index contributed by atoms with van der Waals surface area (Å²) in [6.45, 7) is 0. The van der Waals surface area contributed by atoms with Gasteiger partial charge in [0, 0.05) is 23.8 Å². The number of nitrogens with zero attached hydrogens (tertiary/aromatic N) is 4. The summed E-state index contributed by atoms with van der Waals surface area (Å²) in [4.78, 5) is 32.7. The molecule has 2 heterocycles. The van der Waals surface area contributed by atoms with Crippen LogP contribution in [0.1, 0.15) is 0 Å². The van der Waals surface area contributed by atoms with E-state index in [-0.39, 0.29) is 11.5 Å². The molecule has 0 aliphatic carbocycles. The fourth-order valence-corrected chi connectivity index (χ4v) is 2.80. The Morgan fingerprint density at radius 2 is 1.76 bits per heavy atom. The predicted molar refractivity (Wildman–Crippen MR) is 92.0 cm³/mol. The van der Waals surface area contributed by atoms with Crippen molar-refractivity contribution in [2.24, 2.45) is 7.05 Å². The highest BCUT2D eigenvalue weighted by Crippen LogP contribution is 2.26. The number of rotatable bonds is 1. The van der Waals surface area contributed by atoms with Gasteiger partial charge in [0.2, 0.25) is 0 Å². The van der Waals surface area contributed by atoms with Crippen molar-refractivity contribution < 1.29 is 4.39 Å². The van der Waals surface area contributed by atoms with E-state index < -0.39 is 17.1 Å². The van der Waals surface area contributed by atoms with Crippen molar-refractivity contribution in [1.82, 2.24) is 19.1 Å². The third-order valence-electron chi connectivity index (χ3n) is 3.91. The number of halogens is 2. The molecular formula is C17H10ClFN4O2. The molecule has 124 valence electrons. The average molecular weight is 357 g/mol. The molecule has 0 radical (unpaired) electrons. The van der Waals surface area contributed by atoms with Crippen molar-refractivity contribution in [2.45, 2.75) is 0 Å². The number of benzene rings is 2. The largest absolute Gasteiger partial charge is 0.352 e. The van der Waals surface area contributed by atoms with E-state index in [2.05, 4.69) is 9.97 Å². The molecule has 25 heavy (non-hydrogen) atoms. The Bertz CT molecular complexity index is 1210. The van der Waals surface area contributed by atoms with Gasteiger partial charge < -0.3 is 0 Å². The fraction of sp³-hybridized carbons (Fsp3) is 0.0588. The highest BCUT2D eigenvalue weighted by atomic mass is 35.5. The summed E-state index contributed by atoms with van der Waals surface area (Å²) in [5.41, 5.74) is 0.113. The van der Waals surface area contributed by atoms with Gasteiger partial charge in [0.1, 0.15) is 5.82 Å². The molecule has 0 N–H and O–H groups in total. The second-order valence-electron chi connectivity index (χ2n) is 5.49. The van der Waals surface area contributed by atoms with Crippen LogP contribution in [-0.4, -0.2) is 19.1 Å². The molecule has 0 saturated carbocycles. The zero-order chi connectivity index (χ0) is 17.7. The van der Waals surface area contributed by atoms with Gasteiger partial charge in [-0.1, -0.05) is 11.6 Å². The smallest absolute Gasteiger partial charge is 0.291 e. The summed E-state index contributed by atoms with van der Waals surface area (Å²) in [7, 11) is 1.33. The molecule has 4 rings (SSSR count). The maximum absolute atomic E-state index is 13.8. The maximum Gasteiger partial charge on any atom is 0.352 e. The van der Waals surface area contributed by atoms with Crippen LogP contribution in [0.25, 0.3) is 28.2 Å². The first-order valence-electron chi connectivity index (χ1n) is 7.31. The first-order chi connectivity index (χ1) is 12.0. The number of hydrogen-bond acceptors (Lipinski definition) is 4. The lowest BCUT2D eigenvalue weighted by atomic mass is 10.2. The van der Waals surface area contributed by atoms with Gasteiger partial charge in [-0.2, -0.15) is 4.98 Å². The Labute approximate surface area is 145 Å². The second kappa shape index (κ2) is 5.49. The Hall–Kier alpha value is -3.06. The molecule has 0 amide bonds. The van der Waals surface area contributed by atoms with Crippen LogP contribution in [0.15, 0.2) is 52.1 Å². The summed E-state index contributed by atoms with van der Waals surface area (Å²) in [5, 5.41) is 0.520. The van der Waals surface area contributed by atoms with Crippen molar-refractivity contribution in [3.05, 3.63) is 74.1 Å². The Kier molecular flexibility index (Phi) is 3.40. The molecule has 8 heteroatoms. The predicted octanol–water partition coefficient (Wildman–Crippen LogP) is 2.38. The van der Waals surface area contributed by atoms with E-state index in [1.807, 2.05) is 0 Å². The van der Waals surface area contributed by atoms with Gasteiger partial charge in [0.25, 0.3) is 5.56 Å². The van der Waals surface area contributed by atoms with Crippen LogP contribution in [0.3, 0.4) is 0 Å². The molecule has 2 aliphatic rings. The van der Waals surface area contributed by atoms with E-state index in [1.165, 1.54) is 29.8 Å². The van der Waals surface area contributed by atoms with Crippen LogP contribution in [-0.2, 0) is 7.05 Å². The third kappa shape index (κ3) is 2.40. The maximum atomic E-state index is 13.8. The Morgan fingerprint density at radius 1 is 1.04 bits per heavy atom. The molecule has 0 saturated heterocycles. The van der Waals surface area contributed by atoms with Crippen LogP contribution in [0, 0.1) is 5.82 Å². The van der Waals surface area contributed by atoms with E-state index >= 15 is 0 Å². The highest BCUT2D eigenvalue weighted by Gasteiger charge is 2.21. The zero-order valence-electron chi connectivity index (χ0n) is 12.9. The zero-order valence-corrected chi connectivity index (χ0v) is 13.7. The van der Waals surface area contributed by atoms with Gasteiger partial charge in [0.05, 0.1) is 11.0 Å². The molecule has 0 bridgehead atoms. The topological polar surface area (TPSA) is 69.8 Å². The van der Waals surface area contributed by atoms with Crippen molar-refractivity contribution in [3.63, 3.8) is 0 Å². The molecule has 2 aromatic carbocycles. The third-order valence-corrected chi connectivity index (χ3v) is 4.17. The normalized spacial score (nSPS) is 11.3. The van der Waals surface area contributed by atoms with Crippen molar-refractivity contribution >= 4 is 22.6 Å². The van der Waals surface area contributed by atoms with Gasteiger partial charge in [-0.3, -0.25) is 13.9 Å². The molecule has 0 atom stereocenters. The standard InChI is InChI=1S/C17H10ClFN4O2/c1-22-16(24)14-15(21-17(22)25)23(11-5-2-9(18)3-6-11)13-8-10(19)4-7-12(13)20-14/h2-8H,1H3. The highest BCUT2D eigenvalue weighted by molar-refractivity contribution is 6.30. The minimum Gasteiger partial charge on any atom is -0.291 e. The second-order valence-corrected chi connectivity index (χ2v) is 5.92. The molecule has 6 nitrogen and oxygen atoms in total. The molecule has 2 aliphatic heterocycles. The van der Waals surface area contributed by atoms with E-state index in [0.717, 1.165) is 4.57 Å². The van der Waals surface area contributed by atoms with Crippen LogP contribution in [0.5, 0.6) is 0 Å². The Morgan fingerprint density at radius 3 is 2.48 bits per heavy atom. The van der Waals surface area contributed by atoms with Crippen molar-refractivity contribution in [2.75, 3.05) is 0 Å². The lowest BCUT2D eigenvalue weighted by Gasteiger charge is -2.17. The first kappa shape index (κ1) is 15.5. The lowest BCUT2D eigenvalue weighted by molar-refractivity contribution is 0.628. The summed E-state index contributed by atoms with van der Waals surface area (Å²) in [5.74, 6) is -0.406. The molecule has 0 fully saturated rings. The van der Waals surface area contributed by atoms with Gasteiger partial charge in [-0.15, -0.1) is 0 Å². The van der Waals surface area contributed by atoms with E-state index in [1.54, 1.807) is 24.3 Å². The summed E-state index contributed by atoms with van der Waals surface area (Å²) < 4.78 is 16.2. The monoisotopic (exact) mass is 356 g/mol. The quantitative estimate of drug-likeness (QED) is 0.491. The summed E-state index contributed by atoms with van der Waals surface area (Å²) in [6.07, 6.45) is 0. The van der Waals surface area contributed by atoms with Gasteiger partial charge in [-0.25, -0.2) is 14.2 Å².